The second-order valence-corrected chi connectivity index (χ2v) is 11.3. The molecule has 5 atom stereocenters. The van der Waals surface area contributed by atoms with E-state index in [2.05, 4.69) is 22.0 Å². The predicted molar refractivity (Wildman–Crippen MR) is 153 cm³/mol. The van der Waals surface area contributed by atoms with E-state index in [9.17, 15) is 24.3 Å². The number of amides is 3. The Balaban J connectivity index is 1.48. The first kappa shape index (κ1) is 31.6. The fourth-order valence-corrected chi connectivity index (χ4v) is 5.15. The van der Waals surface area contributed by atoms with E-state index in [0.717, 1.165) is 24.8 Å². The van der Waals surface area contributed by atoms with Gasteiger partial charge in [0.15, 0.2) is 5.78 Å². The third-order valence-corrected chi connectivity index (χ3v) is 7.93. The molecule has 3 aliphatic rings. The quantitative estimate of drug-likeness (QED) is 0.179. The van der Waals surface area contributed by atoms with Crippen LogP contribution < -0.4 is 20.7 Å². The third kappa shape index (κ3) is 8.37. The smallest absolute Gasteiger partial charge is 0.246 e. The van der Waals surface area contributed by atoms with Crippen LogP contribution in [0, 0.1) is 0 Å². The number of nitrogens with zero attached hydrogens (tertiary/aromatic N) is 1. The number of aliphatic hydroxyl groups excluding tert-OH is 1. The number of carbonyl (C=O) groups is 4. The van der Waals surface area contributed by atoms with Gasteiger partial charge in [-0.15, -0.1) is 0 Å². The number of nitrogens with one attached hydrogen (secondary N) is 3. The number of methoxy groups -OCH3 is 1. The van der Waals surface area contributed by atoms with Crippen LogP contribution in [0.3, 0.4) is 0 Å². The first-order valence-electron chi connectivity index (χ1n) is 14.5. The lowest BCUT2D eigenvalue weighted by atomic mass is 9.93. The predicted octanol–water partition coefficient (Wildman–Crippen LogP) is 0.394. The fraction of sp³-hybridized carbons (Fsp3) is 0.600. The Kier molecular flexibility index (Phi) is 10.7. The topological polar surface area (TPSA) is 159 Å². The highest BCUT2D eigenvalue weighted by Gasteiger charge is 2.50. The van der Waals surface area contributed by atoms with Crippen LogP contribution in [0.25, 0.3) is 0 Å². The summed E-state index contributed by atoms with van der Waals surface area (Å²) >= 11 is 0. The summed E-state index contributed by atoms with van der Waals surface area (Å²) in [4.78, 5) is 54.8. The van der Waals surface area contributed by atoms with Crippen LogP contribution in [0.4, 0.5) is 0 Å². The molecular weight excluding hydrogens is 544 g/mol. The molecule has 1 aliphatic carbocycles. The second-order valence-electron chi connectivity index (χ2n) is 11.3. The summed E-state index contributed by atoms with van der Waals surface area (Å²) in [6.45, 7) is 5.88. The van der Waals surface area contributed by atoms with E-state index in [4.69, 9.17) is 14.2 Å². The molecule has 2 saturated heterocycles. The number of rotatable bonds is 14. The summed E-state index contributed by atoms with van der Waals surface area (Å²) in [6.07, 6.45) is 3.70. The van der Waals surface area contributed by atoms with Crippen LogP contribution in [0.5, 0.6) is 5.75 Å². The SMILES string of the molecule is COc1ccc(C(O)C(NC(=O)C(C)NC(=O)CN2CCOCC2)C(=O)NC(CC2=CCCC2)C(=O)C2(C)CO2)cc1. The van der Waals surface area contributed by atoms with Gasteiger partial charge in [0.05, 0.1) is 39.5 Å². The summed E-state index contributed by atoms with van der Waals surface area (Å²) < 4.78 is 15.9. The van der Waals surface area contributed by atoms with E-state index in [1.807, 2.05) is 4.90 Å². The number of carbonyl (C=O) groups excluding carboxylic acids is 4. The van der Waals surface area contributed by atoms with Gasteiger partial charge in [0.1, 0.15) is 29.5 Å². The maximum absolute atomic E-state index is 13.7. The van der Waals surface area contributed by atoms with E-state index >= 15 is 0 Å². The van der Waals surface area contributed by atoms with Gasteiger partial charge in [0.2, 0.25) is 17.7 Å². The van der Waals surface area contributed by atoms with Gasteiger partial charge >= 0.3 is 0 Å². The number of morpholine rings is 1. The molecule has 0 saturated carbocycles. The molecule has 230 valence electrons. The number of Topliss-reactive ketones (excluding diaryl/α,β-unsaturated/α-hetero) is 1. The zero-order valence-electron chi connectivity index (χ0n) is 24.5. The zero-order valence-corrected chi connectivity index (χ0v) is 24.5. The van der Waals surface area contributed by atoms with Crippen LogP contribution in [0.15, 0.2) is 35.9 Å². The van der Waals surface area contributed by atoms with Gasteiger partial charge in [-0.05, 0) is 57.2 Å². The molecule has 1 aromatic rings. The number of epoxide rings is 1. The summed E-state index contributed by atoms with van der Waals surface area (Å²) in [5.74, 6) is -1.42. The lowest BCUT2D eigenvalue weighted by Crippen LogP contribution is -2.58. The van der Waals surface area contributed by atoms with Crippen molar-refractivity contribution in [2.75, 3.05) is 46.6 Å². The van der Waals surface area contributed by atoms with Crippen molar-refractivity contribution in [1.82, 2.24) is 20.9 Å². The maximum Gasteiger partial charge on any atom is 0.246 e. The second kappa shape index (κ2) is 14.2. The van der Waals surface area contributed by atoms with Gasteiger partial charge in [-0.1, -0.05) is 23.8 Å². The van der Waals surface area contributed by atoms with Crippen molar-refractivity contribution in [3.05, 3.63) is 41.5 Å². The highest BCUT2D eigenvalue weighted by atomic mass is 16.6. The number of hydrogen-bond acceptors (Lipinski definition) is 9. The number of hydrogen-bond donors (Lipinski definition) is 4. The Bertz CT molecular complexity index is 1160. The number of ether oxygens (including phenoxy) is 3. The van der Waals surface area contributed by atoms with E-state index in [1.165, 1.54) is 14.0 Å². The molecule has 12 heteroatoms. The lowest BCUT2D eigenvalue weighted by molar-refractivity contribution is -0.136. The van der Waals surface area contributed by atoms with Crippen molar-refractivity contribution in [3.63, 3.8) is 0 Å². The molecular formula is C30H42N4O8. The molecule has 0 radical (unpaired) electrons. The summed E-state index contributed by atoms with van der Waals surface area (Å²) in [6, 6.07) is 3.12. The monoisotopic (exact) mass is 586 g/mol. The van der Waals surface area contributed by atoms with E-state index in [1.54, 1.807) is 31.2 Å². The largest absolute Gasteiger partial charge is 0.497 e. The van der Waals surface area contributed by atoms with Crippen molar-refractivity contribution in [2.24, 2.45) is 0 Å². The minimum atomic E-state index is -1.45. The van der Waals surface area contributed by atoms with Gasteiger partial charge in [-0.3, -0.25) is 24.1 Å². The molecule has 5 unspecified atom stereocenters. The fourth-order valence-electron chi connectivity index (χ4n) is 5.15. The Labute approximate surface area is 246 Å². The Morgan fingerprint density at radius 2 is 1.76 bits per heavy atom. The van der Waals surface area contributed by atoms with Crippen LogP contribution in [-0.4, -0.2) is 104 Å². The molecule has 2 fully saturated rings. The third-order valence-electron chi connectivity index (χ3n) is 7.93. The zero-order chi connectivity index (χ0) is 30.3. The van der Waals surface area contributed by atoms with Crippen LogP contribution >= 0.6 is 0 Å². The summed E-state index contributed by atoms with van der Waals surface area (Å²) in [5.41, 5.74) is 0.467. The molecule has 0 spiro atoms. The molecule has 4 rings (SSSR count). The van der Waals surface area contributed by atoms with Gasteiger partial charge in [0, 0.05) is 13.1 Å². The van der Waals surface area contributed by atoms with Gasteiger partial charge in [-0.2, -0.15) is 0 Å². The molecule has 1 aromatic carbocycles. The number of aliphatic hydroxyl groups is 1. The van der Waals surface area contributed by atoms with Crippen molar-refractivity contribution < 1.29 is 38.5 Å². The lowest BCUT2D eigenvalue weighted by Gasteiger charge is -2.29. The van der Waals surface area contributed by atoms with Crippen LogP contribution in [-0.2, 0) is 28.7 Å². The molecule has 0 aromatic heterocycles. The molecule has 2 heterocycles. The number of benzene rings is 1. The number of allylic oxidation sites excluding steroid dienone is 1. The summed E-state index contributed by atoms with van der Waals surface area (Å²) in [7, 11) is 1.51. The average Bonchev–Trinajstić information content (AvgIpc) is 3.53. The molecule has 3 amide bonds. The molecule has 2 aliphatic heterocycles. The van der Waals surface area contributed by atoms with Gasteiger partial charge in [-0.25, -0.2) is 0 Å². The van der Waals surface area contributed by atoms with Crippen molar-refractivity contribution in [2.45, 2.75) is 69.4 Å². The Morgan fingerprint density at radius 3 is 2.36 bits per heavy atom. The Hall–Kier alpha value is -3.32. The van der Waals surface area contributed by atoms with Crippen molar-refractivity contribution in [3.8, 4) is 5.75 Å². The molecule has 0 bridgehead atoms. The maximum atomic E-state index is 13.7. The van der Waals surface area contributed by atoms with E-state index in [-0.39, 0.29) is 24.8 Å². The first-order valence-corrected chi connectivity index (χ1v) is 14.5. The highest BCUT2D eigenvalue weighted by molar-refractivity contribution is 5.98. The van der Waals surface area contributed by atoms with Gasteiger partial charge < -0.3 is 35.3 Å². The average molecular weight is 587 g/mol. The molecule has 12 nitrogen and oxygen atoms in total. The van der Waals surface area contributed by atoms with E-state index in [0.29, 0.717) is 44.0 Å². The van der Waals surface area contributed by atoms with Crippen molar-refractivity contribution in [1.29, 1.82) is 0 Å². The molecule has 42 heavy (non-hydrogen) atoms. The highest BCUT2D eigenvalue weighted by Crippen LogP contribution is 2.31. The van der Waals surface area contributed by atoms with Crippen LogP contribution in [0.1, 0.15) is 51.2 Å². The van der Waals surface area contributed by atoms with Crippen molar-refractivity contribution >= 4 is 23.5 Å². The van der Waals surface area contributed by atoms with Crippen LogP contribution in [0.2, 0.25) is 0 Å². The minimum absolute atomic E-state index is 0.111. The first-order chi connectivity index (χ1) is 20.1. The number of ketones is 1. The Morgan fingerprint density at radius 1 is 1.07 bits per heavy atom. The standard InChI is InChI=1S/C30H42N4O8/c1-19(31-24(35)17-34-12-14-41-15-13-34)28(38)33-25(26(36)21-8-10-22(40-3)11-9-21)29(39)32-23(16-20-6-4-5-7-20)27(37)30(2)18-42-30/h6,8-11,19,23,25-26,36H,4-5,7,12-18H2,1-3H3,(H,31,35)(H,32,39)(H,33,38). The summed E-state index contributed by atoms with van der Waals surface area (Å²) in [5, 5.41) is 19.4. The normalized spacial score (nSPS) is 23.1. The van der Waals surface area contributed by atoms with Gasteiger partial charge in [0.25, 0.3) is 0 Å². The minimum Gasteiger partial charge on any atom is -0.497 e. The molecule has 4 N–H and O–H groups in total. The van der Waals surface area contributed by atoms with E-state index < -0.39 is 41.6 Å².